The molecular formula is C24H30N2O4. The van der Waals surface area contributed by atoms with Crippen LogP contribution in [-0.4, -0.2) is 46.2 Å². The maximum atomic E-state index is 13.4. The average Bonchev–Trinajstić information content (AvgIpc) is 3.05. The van der Waals surface area contributed by atoms with Crippen molar-refractivity contribution < 1.29 is 19.1 Å². The average molecular weight is 411 g/mol. The van der Waals surface area contributed by atoms with Crippen molar-refractivity contribution in [1.82, 2.24) is 9.88 Å². The first-order chi connectivity index (χ1) is 14.3. The lowest BCUT2D eigenvalue weighted by atomic mass is 9.94. The van der Waals surface area contributed by atoms with Crippen LogP contribution in [0.15, 0.2) is 24.3 Å². The lowest BCUT2D eigenvalue weighted by molar-refractivity contribution is -0.132. The standard InChI is InChI=1S/C24H30N2O4/c1-6-30-24(29)19-17(5)25-21(20(19)18-12-10-14(2)11-13-18)22(27)23(28)26-15(3)8-7-9-16(26)4/h10-13,15-16,25H,6-9H2,1-5H3/t15-,16-/m1/s1. The molecule has 0 radical (unpaired) electrons. The monoisotopic (exact) mass is 410 g/mol. The minimum absolute atomic E-state index is 0.00797. The third-order valence-corrected chi connectivity index (χ3v) is 5.86. The maximum Gasteiger partial charge on any atom is 0.340 e. The first-order valence-corrected chi connectivity index (χ1v) is 10.6. The van der Waals surface area contributed by atoms with E-state index in [0.717, 1.165) is 24.8 Å². The molecule has 1 N–H and O–H groups in total. The molecule has 2 atom stereocenters. The normalized spacial score (nSPS) is 18.9. The lowest BCUT2D eigenvalue weighted by Crippen LogP contribution is -2.50. The SMILES string of the molecule is CCOC(=O)c1c(C)[nH]c(C(=O)C(=O)N2[C@H](C)CCC[C@H]2C)c1-c1ccc(C)cc1. The highest BCUT2D eigenvalue weighted by Crippen LogP contribution is 2.33. The molecule has 160 valence electrons. The molecule has 2 aromatic rings. The molecule has 0 bridgehead atoms. The van der Waals surface area contributed by atoms with Gasteiger partial charge < -0.3 is 14.6 Å². The summed E-state index contributed by atoms with van der Waals surface area (Å²) in [5.74, 6) is -1.66. The number of likely N-dealkylation sites (tertiary alicyclic amines) is 1. The molecule has 1 aliphatic heterocycles. The molecule has 0 unspecified atom stereocenters. The molecule has 1 saturated heterocycles. The molecule has 1 fully saturated rings. The van der Waals surface area contributed by atoms with Gasteiger partial charge in [0.2, 0.25) is 0 Å². The van der Waals surface area contributed by atoms with E-state index >= 15 is 0 Å². The van der Waals surface area contributed by atoms with E-state index in [4.69, 9.17) is 4.74 Å². The number of carbonyl (C=O) groups is 3. The van der Waals surface area contributed by atoms with Crippen molar-refractivity contribution in [2.24, 2.45) is 0 Å². The highest BCUT2D eigenvalue weighted by Gasteiger charge is 2.36. The molecule has 6 heteroatoms. The third-order valence-electron chi connectivity index (χ3n) is 5.86. The fraction of sp³-hybridized carbons (Fsp3) is 0.458. The fourth-order valence-electron chi connectivity index (χ4n) is 4.31. The highest BCUT2D eigenvalue weighted by molar-refractivity contribution is 6.44. The number of ketones is 1. The van der Waals surface area contributed by atoms with E-state index in [1.165, 1.54) is 0 Å². The zero-order valence-electron chi connectivity index (χ0n) is 18.4. The van der Waals surface area contributed by atoms with Crippen LogP contribution >= 0.6 is 0 Å². The predicted molar refractivity (Wildman–Crippen MR) is 116 cm³/mol. The summed E-state index contributed by atoms with van der Waals surface area (Å²) in [7, 11) is 0. The molecule has 2 heterocycles. The van der Waals surface area contributed by atoms with Gasteiger partial charge in [0, 0.05) is 23.3 Å². The summed E-state index contributed by atoms with van der Waals surface area (Å²) in [5.41, 5.74) is 3.15. The van der Waals surface area contributed by atoms with Gasteiger partial charge in [0.1, 0.15) is 5.69 Å². The van der Waals surface area contributed by atoms with Crippen LogP contribution in [0.5, 0.6) is 0 Å². The largest absolute Gasteiger partial charge is 0.462 e. The highest BCUT2D eigenvalue weighted by atomic mass is 16.5. The molecule has 3 rings (SSSR count). The number of nitrogens with zero attached hydrogens (tertiary/aromatic N) is 1. The number of aromatic nitrogens is 1. The summed E-state index contributed by atoms with van der Waals surface area (Å²) in [6.07, 6.45) is 2.81. The molecule has 1 aliphatic rings. The molecule has 0 spiro atoms. The number of H-pyrrole nitrogens is 1. The molecule has 30 heavy (non-hydrogen) atoms. The van der Waals surface area contributed by atoms with Gasteiger partial charge in [-0.05, 0) is 59.4 Å². The van der Waals surface area contributed by atoms with E-state index in [9.17, 15) is 14.4 Å². The van der Waals surface area contributed by atoms with Crippen molar-refractivity contribution in [1.29, 1.82) is 0 Å². The Morgan fingerprint density at radius 1 is 1.07 bits per heavy atom. The van der Waals surface area contributed by atoms with Gasteiger partial charge in [-0.25, -0.2) is 4.79 Å². The van der Waals surface area contributed by atoms with Gasteiger partial charge in [-0.2, -0.15) is 0 Å². The number of aryl methyl sites for hydroxylation is 2. The number of piperidine rings is 1. The van der Waals surface area contributed by atoms with E-state index in [1.807, 2.05) is 45.0 Å². The quantitative estimate of drug-likeness (QED) is 0.449. The van der Waals surface area contributed by atoms with Crippen molar-refractivity contribution in [3.8, 4) is 11.1 Å². The molecule has 0 aliphatic carbocycles. The second-order valence-electron chi connectivity index (χ2n) is 8.13. The van der Waals surface area contributed by atoms with Crippen LogP contribution in [0.4, 0.5) is 0 Å². The van der Waals surface area contributed by atoms with Gasteiger partial charge in [0.15, 0.2) is 0 Å². The Labute approximate surface area is 177 Å². The van der Waals surface area contributed by atoms with Crippen LogP contribution in [0, 0.1) is 13.8 Å². The van der Waals surface area contributed by atoms with Crippen LogP contribution in [0.1, 0.15) is 72.1 Å². The van der Waals surface area contributed by atoms with Crippen LogP contribution in [0.3, 0.4) is 0 Å². The van der Waals surface area contributed by atoms with Crippen molar-refractivity contribution in [2.45, 2.75) is 66.0 Å². The van der Waals surface area contributed by atoms with Crippen molar-refractivity contribution >= 4 is 17.7 Å². The van der Waals surface area contributed by atoms with Gasteiger partial charge in [-0.15, -0.1) is 0 Å². The van der Waals surface area contributed by atoms with Gasteiger partial charge in [0.05, 0.1) is 12.2 Å². The Balaban J connectivity index is 2.10. The van der Waals surface area contributed by atoms with Crippen LogP contribution in [0.2, 0.25) is 0 Å². The van der Waals surface area contributed by atoms with E-state index in [-0.39, 0.29) is 24.4 Å². The molecule has 1 aromatic heterocycles. The van der Waals surface area contributed by atoms with E-state index in [2.05, 4.69) is 4.98 Å². The number of rotatable bonds is 5. The number of benzene rings is 1. The molecule has 0 saturated carbocycles. The summed E-state index contributed by atoms with van der Waals surface area (Å²) < 4.78 is 5.23. The molecular weight excluding hydrogens is 380 g/mol. The number of carbonyl (C=O) groups excluding carboxylic acids is 3. The second-order valence-corrected chi connectivity index (χ2v) is 8.13. The Bertz CT molecular complexity index is 948. The number of aromatic amines is 1. The summed E-state index contributed by atoms with van der Waals surface area (Å²) in [6.45, 7) is 9.60. The number of Topliss-reactive ketones (excluding diaryl/α,β-unsaturated/α-hetero) is 1. The zero-order valence-corrected chi connectivity index (χ0v) is 18.4. The minimum Gasteiger partial charge on any atom is -0.462 e. The van der Waals surface area contributed by atoms with Crippen molar-refractivity contribution in [3.05, 3.63) is 46.8 Å². The van der Waals surface area contributed by atoms with Crippen molar-refractivity contribution in [3.63, 3.8) is 0 Å². The number of esters is 1. The number of hydrogen-bond acceptors (Lipinski definition) is 4. The summed E-state index contributed by atoms with van der Waals surface area (Å²) in [5, 5.41) is 0. The second kappa shape index (κ2) is 8.86. The third kappa shape index (κ3) is 4.04. The number of amides is 1. The lowest BCUT2D eigenvalue weighted by Gasteiger charge is -2.38. The Hall–Kier alpha value is -2.89. The van der Waals surface area contributed by atoms with Crippen molar-refractivity contribution in [2.75, 3.05) is 6.61 Å². The first kappa shape index (κ1) is 21.8. The van der Waals surface area contributed by atoms with E-state index in [0.29, 0.717) is 22.4 Å². The Morgan fingerprint density at radius 3 is 2.23 bits per heavy atom. The van der Waals surface area contributed by atoms with Crippen LogP contribution in [0.25, 0.3) is 11.1 Å². The summed E-state index contributed by atoms with van der Waals surface area (Å²) in [4.78, 5) is 44.0. The van der Waals surface area contributed by atoms with Gasteiger partial charge in [-0.3, -0.25) is 9.59 Å². The zero-order chi connectivity index (χ0) is 22.0. The predicted octanol–water partition coefficient (Wildman–Crippen LogP) is 4.45. The maximum absolute atomic E-state index is 13.4. The molecule has 6 nitrogen and oxygen atoms in total. The Kier molecular flexibility index (Phi) is 6.44. The number of hydrogen-bond donors (Lipinski definition) is 1. The molecule has 1 amide bonds. The smallest absolute Gasteiger partial charge is 0.340 e. The number of ether oxygens (including phenoxy) is 1. The summed E-state index contributed by atoms with van der Waals surface area (Å²) in [6, 6.07) is 7.55. The number of nitrogens with one attached hydrogen (secondary N) is 1. The van der Waals surface area contributed by atoms with Gasteiger partial charge >= 0.3 is 5.97 Å². The molecule has 1 aromatic carbocycles. The van der Waals surface area contributed by atoms with Gasteiger partial charge in [-0.1, -0.05) is 29.8 Å². The van der Waals surface area contributed by atoms with Gasteiger partial charge in [0.25, 0.3) is 11.7 Å². The van der Waals surface area contributed by atoms with Crippen LogP contribution < -0.4 is 0 Å². The topological polar surface area (TPSA) is 79.5 Å². The fourth-order valence-corrected chi connectivity index (χ4v) is 4.31. The van der Waals surface area contributed by atoms with E-state index < -0.39 is 17.7 Å². The minimum atomic E-state index is -0.621. The van der Waals surface area contributed by atoms with E-state index in [1.54, 1.807) is 18.7 Å². The summed E-state index contributed by atoms with van der Waals surface area (Å²) >= 11 is 0. The Morgan fingerprint density at radius 2 is 1.67 bits per heavy atom. The van der Waals surface area contributed by atoms with Crippen LogP contribution in [-0.2, 0) is 9.53 Å². The first-order valence-electron chi connectivity index (χ1n) is 10.6.